The van der Waals surface area contributed by atoms with Crippen LogP contribution in [0.15, 0.2) is 0 Å². The molecule has 2 bridgehead atoms. The number of hydrogen-bond donors (Lipinski definition) is 1. The van der Waals surface area contributed by atoms with E-state index in [1.54, 1.807) is 0 Å². The zero-order valence-corrected chi connectivity index (χ0v) is 9.35. The summed E-state index contributed by atoms with van der Waals surface area (Å²) >= 11 is 0. The molecule has 2 saturated heterocycles. The molecule has 0 amide bonds. The van der Waals surface area contributed by atoms with Crippen molar-refractivity contribution in [3.8, 4) is 0 Å². The van der Waals surface area contributed by atoms with E-state index in [4.69, 9.17) is 4.74 Å². The van der Waals surface area contributed by atoms with E-state index in [2.05, 4.69) is 4.90 Å². The Kier molecular flexibility index (Phi) is 2.98. The third-order valence-corrected chi connectivity index (χ3v) is 3.74. The minimum absolute atomic E-state index is 0.0243. The number of esters is 1. The molecule has 2 rings (SSSR count). The Labute approximate surface area is 90.2 Å². The molecule has 2 aliphatic heterocycles. The molecule has 2 fully saturated rings. The Balaban J connectivity index is 2.05. The third kappa shape index (κ3) is 2.01. The fourth-order valence-corrected chi connectivity index (χ4v) is 2.98. The highest BCUT2D eigenvalue weighted by atomic mass is 16.5. The average Bonchev–Trinajstić information content (AvgIpc) is 2.13. The van der Waals surface area contributed by atoms with Crippen LogP contribution in [-0.4, -0.2) is 47.3 Å². The lowest BCUT2D eigenvalue weighted by atomic mass is 9.81. The van der Waals surface area contributed by atoms with Crippen LogP contribution in [0.5, 0.6) is 0 Å². The van der Waals surface area contributed by atoms with Crippen LogP contribution in [0.2, 0.25) is 0 Å². The first-order chi connectivity index (χ1) is 7.09. The van der Waals surface area contributed by atoms with Gasteiger partial charge in [0.2, 0.25) is 0 Å². The molecule has 0 aromatic rings. The smallest absolute Gasteiger partial charge is 0.302 e. The van der Waals surface area contributed by atoms with Gasteiger partial charge in [0, 0.05) is 19.0 Å². The highest BCUT2D eigenvalue weighted by Gasteiger charge is 2.43. The molecule has 4 atom stereocenters. The Hall–Kier alpha value is -0.610. The molecule has 2 aliphatic rings. The standard InChI is InChI=1S/C11H19NO3/c1-7(13)15-11-6-4-8-10(14)5-3-9(11)12(8)2/h8-11,14H,3-6H2,1-2H3. The van der Waals surface area contributed by atoms with E-state index in [1.165, 1.54) is 6.92 Å². The van der Waals surface area contributed by atoms with Crippen molar-refractivity contribution in [1.29, 1.82) is 0 Å². The molecule has 4 heteroatoms. The molecular formula is C11H19NO3. The number of nitrogens with zero attached hydrogens (tertiary/aromatic N) is 1. The fourth-order valence-electron chi connectivity index (χ4n) is 2.98. The monoisotopic (exact) mass is 213 g/mol. The predicted molar refractivity (Wildman–Crippen MR) is 55.4 cm³/mol. The van der Waals surface area contributed by atoms with Gasteiger partial charge >= 0.3 is 5.97 Å². The number of piperidine rings is 2. The first-order valence-electron chi connectivity index (χ1n) is 5.67. The number of hydrogen-bond acceptors (Lipinski definition) is 4. The van der Waals surface area contributed by atoms with Gasteiger partial charge in [0.15, 0.2) is 0 Å². The van der Waals surface area contributed by atoms with Gasteiger partial charge in [-0.15, -0.1) is 0 Å². The molecular weight excluding hydrogens is 194 g/mol. The number of fused-ring (bicyclic) bond motifs is 2. The van der Waals surface area contributed by atoms with Crippen LogP contribution in [-0.2, 0) is 9.53 Å². The summed E-state index contributed by atoms with van der Waals surface area (Å²) in [5, 5.41) is 9.81. The van der Waals surface area contributed by atoms with Gasteiger partial charge in [0.25, 0.3) is 0 Å². The topological polar surface area (TPSA) is 49.8 Å². The molecule has 0 aromatic carbocycles. The summed E-state index contributed by atoms with van der Waals surface area (Å²) in [5.41, 5.74) is 0. The van der Waals surface area contributed by atoms with Gasteiger partial charge in [0.1, 0.15) is 6.10 Å². The molecule has 0 aromatic heterocycles. The van der Waals surface area contributed by atoms with E-state index in [0.717, 1.165) is 25.7 Å². The predicted octanol–water partition coefficient (Wildman–Crippen LogP) is 0.536. The number of carbonyl (C=O) groups excluding carboxylic acids is 1. The summed E-state index contributed by atoms with van der Waals surface area (Å²) in [4.78, 5) is 13.1. The number of likely N-dealkylation sites (N-methyl/N-ethyl adjacent to an activating group) is 1. The first kappa shape index (κ1) is 10.9. The third-order valence-electron chi connectivity index (χ3n) is 3.74. The zero-order chi connectivity index (χ0) is 11.0. The summed E-state index contributed by atoms with van der Waals surface area (Å²) in [5.74, 6) is -0.196. The lowest BCUT2D eigenvalue weighted by molar-refractivity contribution is -0.159. The van der Waals surface area contributed by atoms with Crippen molar-refractivity contribution < 1.29 is 14.6 Å². The Morgan fingerprint density at radius 3 is 2.60 bits per heavy atom. The maximum atomic E-state index is 11.0. The van der Waals surface area contributed by atoms with E-state index in [1.807, 2.05) is 7.05 Å². The van der Waals surface area contributed by atoms with Gasteiger partial charge in [0.05, 0.1) is 6.10 Å². The van der Waals surface area contributed by atoms with E-state index >= 15 is 0 Å². The Morgan fingerprint density at radius 1 is 1.27 bits per heavy atom. The highest BCUT2D eigenvalue weighted by molar-refractivity contribution is 5.66. The lowest BCUT2D eigenvalue weighted by Gasteiger charge is -2.49. The van der Waals surface area contributed by atoms with Crippen LogP contribution in [0.1, 0.15) is 32.6 Å². The average molecular weight is 213 g/mol. The van der Waals surface area contributed by atoms with Gasteiger partial charge in [-0.1, -0.05) is 0 Å². The van der Waals surface area contributed by atoms with Crippen LogP contribution in [0.3, 0.4) is 0 Å². The van der Waals surface area contributed by atoms with Gasteiger partial charge in [-0.3, -0.25) is 9.69 Å². The highest BCUT2D eigenvalue weighted by Crippen LogP contribution is 2.34. The van der Waals surface area contributed by atoms with Crippen LogP contribution < -0.4 is 0 Å². The second kappa shape index (κ2) is 4.10. The largest absolute Gasteiger partial charge is 0.461 e. The van der Waals surface area contributed by atoms with E-state index < -0.39 is 0 Å². The van der Waals surface area contributed by atoms with Crippen molar-refractivity contribution >= 4 is 5.97 Å². The maximum absolute atomic E-state index is 11.0. The molecule has 4 nitrogen and oxygen atoms in total. The molecule has 86 valence electrons. The Bertz CT molecular complexity index is 256. The second-order valence-electron chi connectivity index (χ2n) is 4.67. The van der Waals surface area contributed by atoms with Crippen LogP contribution in [0.25, 0.3) is 0 Å². The normalized spacial score (nSPS) is 41.3. The number of rotatable bonds is 1. The van der Waals surface area contributed by atoms with E-state index in [-0.39, 0.29) is 24.2 Å². The zero-order valence-electron chi connectivity index (χ0n) is 9.35. The quantitative estimate of drug-likeness (QED) is 0.646. The van der Waals surface area contributed by atoms with Crippen molar-refractivity contribution in [3.63, 3.8) is 0 Å². The summed E-state index contributed by atoms with van der Waals surface area (Å²) in [6.07, 6.45) is 3.38. The summed E-state index contributed by atoms with van der Waals surface area (Å²) < 4.78 is 5.32. The summed E-state index contributed by atoms with van der Waals surface area (Å²) in [7, 11) is 2.02. The molecule has 1 N–H and O–H groups in total. The Morgan fingerprint density at radius 2 is 1.93 bits per heavy atom. The second-order valence-corrected chi connectivity index (χ2v) is 4.67. The minimum Gasteiger partial charge on any atom is -0.461 e. The van der Waals surface area contributed by atoms with Gasteiger partial charge in [-0.05, 0) is 32.7 Å². The van der Waals surface area contributed by atoms with Crippen molar-refractivity contribution in [3.05, 3.63) is 0 Å². The summed E-state index contributed by atoms with van der Waals surface area (Å²) in [6, 6.07) is 0.562. The SMILES string of the molecule is CC(=O)OC1CCC2C(O)CCC1N2C. The summed E-state index contributed by atoms with van der Waals surface area (Å²) in [6.45, 7) is 1.46. The number of ether oxygens (including phenoxy) is 1. The number of carbonyl (C=O) groups is 1. The van der Waals surface area contributed by atoms with Gasteiger partial charge in [-0.2, -0.15) is 0 Å². The number of aliphatic hydroxyl groups excluding tert-OH is 1. The molecule has 0 saturated carbocycles. The van der Waals surface area contributed by atoms with Crippen molar-refractivity contribution in [1.82, 2.24) is 4.90 Å². The van der Waals surface area contributed by atoms with Crippen molar-refractivity contribution in [2.45, 2.75) is 56.9 Å². The van der Waals surface area contributed by atoms with E-state index in [0.29, 0.717) is 6.04 Å². The maximum Gasteiger partial charge on any atom is 0.302 e. The van der Waals surface area contributed by atoms with Gasteiger partial charge in [-0.25, -0.2) is 0 Å². The minimum atomic E-state index is -0.204. The number of aliphatic hydroxyl groups is 1. The molecule has 4 unspecified atom stereocenters. The van der Waals surface area contributed by atoms with Crippen molar-refractivity contribution in [2.24, 2.45) is 0 Å². The van der Waals surface area contributed by atoms with E-state index in [9.17, 15) is 9.90 Å². The molecule has 2 heterocycles. The fraction of sp³-hybridized carbons (Fsp3) is 0.909. The molecule has 0 spiro atoms. The first-order valence-corrected chi connectivity index (χ1v) is 5.67. The molecule has 0 radical (unpaired) electrons. The van der Waals surface area contributed by atoms with Gasteiger partial charge < -0.3 is 9.84 Å². The van der Waals surface area contributed by atoms with Crippen LogP contribution in [0, 0.1) is 0 Å². The lowest BCUT2D eigenvalue weighted by Crippen LogP contribution is -2.59. The molecule has 15 heavy (non-hydrogen) atoms. The van der Waals surface area contributed by atoms with Crippen molar-refractivity contribution in [2.75, 3.05) is 7.05 Å². The van der Waals surface area contributed by atoms with Crippen LogP contribution >= 0.6 is 0 Å². The molecule has 0 aliphatic carbocycles. The van der Waals surface area contributed by atoms with Crippen LogP contribution in [0.4, 0.5) is 0 Å².